The van der Waals surface area contributed by atoms with Crippen LogP contribution in [-0.2, 0) is 14.3 Å². The third-order valence-electron chi connectivity index (χ3n) is 3.25. The molecule has 0 saturated heterocycles. The SMILES string of the molecule is CCOC(=O)C(CC(C)(C)OC)Nc1ccc(OC)cc1. The molecule has 1 aromatic carbocycles. The Kier molecular flexibility index (Phi) is 6.49. The van der Waals surface area contributed by atoms with Gasteiger partial charge in [-0.3, -0.25) is 0 Å². The van der Waals surface area contributed by atoms with E-state index in [1.807, 2.05) is 38.1 Å². The number of hydrogen-bond donors (Lipinski definition) is 1. The van der Waals surface area contributed by atoms with Gasteiger partial charge in [0.25, 0.3) is 0 Å². The van der Waals surface area contributed by atoms with Gasteiger partial charge in [-0.2, -0.15) is 0 Å². The first-order chi connectivity index (χ1) is 9.91. The number of carbonyl (C=O) groups excluding carboxylic acids is 1. The molecule has 0 heterocycles. The summed E-state index contributed by atoms with van der Waals surface area (Å²) in [4.78, 5) is 12.1. The molecule has 1 rings (SSSR count). The van der Waals surface area contributed by atoms with Gasteiger partial charge in [-0.1, -0.05) is 0 Å². The standard InChI is InChI=1S/C16H25NO4/c1-6-21-15(18)14(11-16(2,3)20-5)17-12-7-9-13(19-4)10-8-12/h7-10,14,17H,6,11H2,1-5H3. The molecule has 0 aliphatic rings. The molecule has 118 valence electrons. The van der Waals surface area contributed by atoms with Crippen molar-refractivity contribution in [1.29, 1.82) is 0 Å². The van der Waals surface area contributed by atoms with E-state index in [0.717, 1.165) is 11.4 Å². The molecule has 0 radical (unpaired) electrons. The van der Waals surface area contributed by atoms with Crippen LogP contribution in [-0.4, -0.2) is 38.4 Å². The molecule has 0 aliphatic heterocycles. The Balaban J connectivity index is 2.82. The number of anilines is 1. The second-order valence-corrected chi connectivity index (χ2v) is 5.35. The molecule has 0 aliphatic carbocycles. The lowest BCUT2D eigenvalue weighted by Gasteiger charge is -2.28. The summed E-state index contributed by atoms with van der Waals surface area (Å²) in [5.74, 6) is 0.490. The Morgan fingerprint density at radius 2 is 1.86 bits per heavy atom. The summed E-state index contributed by atoms with van der Waals surface area (Å²) < 4.78 is 15.7. The molecule has 1 aromatic rings. The van der Waals surface area contributed by atoms with E-state index in [1.165, 1.54) is 0 Å². The predicted molar refractivity (Wildman–Crippen MR) is 82.7 cm³/mol. The highest BCUT2D eigenvalue weighted by Gasteiger charge is 2.28. The van der Waals surface area contributed by atoms with Crippen molar-refractivity contribution < 1.29 is 19.0 Å². The third kappa shape index (κ3) is 5.63. The highest BCUT2D eigenvalue weighted by Crippen LogP contribution is 2.21. The van der Waals surface area contributed by atoms with Crippen LogP contribution in [0.5, 0.6) is 5.75 Å². The second kappa shape index (κ2) is 7.88. The molecule has 0 spiro atoms. The minimum Gasteiger partial charge on any atom is -0.497 e. The number of carbonyl (C=O) groups is 1. The van der Waals surface area contributed by atoms with Gasteiger partial charge in [-0.25, -0.2) is 4.79 Å². The van der Waals surface area contributed by atoms with Crippen LogP contribution in [0.25, 0.3) is 0 Å². The second-order valence-electron chi connectivity index (χ2n) is 5.35. The molecule has 0 aromatic heterocycles. The van der Waals surface area contributed by atoms with Gasteiger partial charge < -0.3 is 19.5 Å². The first-order valence-corrected chi connectivity index (χ1v) is 7.04. The number of methoxy groups -OCH3 is 2. The molecule has 1 N–H and O–H groups in total. The lowest BCUT2D eigenvalue weighted by Crippen LogP contribution is -2.39. The fraction of sp³-hybridized carbons (Fsp3) is 0.562. The van der Waals surface area contributed by atoms with E-state index in [0.29, 0.717) is 13.0 Å². The highest BCUT2D eigenvalue weighted by atomic mass is 16.5. The minimum atomic E-state index is -0.465. The molecule has 0 saturated carbocycles. The molecule has 5 nitrogen and oxygen atoms in total. The predicted octanol–water partition coefficient (Wildman–Crippen LogP) is 2.85. The summed E-state index contributed by atoms with van der Waals surface area (Å²) in [6.07, 6.45) is 0.508. The van der Waals surface area contributed by atoms with Crippen LogP contribution in [0.1, 0.15) is 27.2 Å². The zero-order chi connectivity index (χ0) is 15.9. The van der Waals surface area contributed by atoms with Gasteiger partial charge in [-0.05, 0) is 45.0 Å². The number of nitrogens with one attached hydrogen (secondary N) is 1. The Morgan fingerprint density at radius 1 is 1.24 bits per heavy atom. The van der Waals surface area contributed by atoms with Crippen LogP contribution >= 0.6 is 0 Å². The molecule has 0 amide bonds. The Hall–Kier alpha value is -1.75. The zero-order valence-electron chi connectivity index (χ0n) is 13.4. The summed E-state index contributed by atoms with van der Waals surface area (Å²) in [5.41, 5.74) is 0.414. The maximum Gasteiger partial charge on any atom is 0.328 e. The van der Waals surface area contributed by atoms with E-state index < -0.39 is 11.6 Å². The number of benzene rings is 1. The number of ether oxygens (including phenoxy) is 3. The van der Waals surface area contributed by atoms with Gasteiger partial charge in [-0.15, -0.1) is 0 Å². The third-order valence-corrected chi connectivity index (χ3v) is 3.25. The molecule has 0 bridgehead atoms. The first-order valence-electron chi connectivity index (χ1n) is 7.04. The van der Waals surface area contributed by atoms with E-state index >= 15 is 0 Å². The van der Waals surface area contributed by atoms with Crippen molar-refractivity contribution in [3.63, 3.8) is 0 Å². The first kappa shape index (κ1) is 17.3. The van der Waals surface area contributed by atoms with Gasteiger partial charge in [0, 0.05) is 19.2 Å². The van der Waals surface area contributed by atoms with Gasteiger partial charge >= 0.3 is 5.97 Å². The van der Waals surface area contributed by atoms with Crippen LogP contribution in [0.4, 0.5) is 5.69 Å². The van der Waals surface area contributed by atoms with Crippen LogP contribution < -0.4 is 10.1 Å². The van der Waals surface area contributed by atoms with E-state index in [2.05, 4.69) is 5.32 Å². The summed E-state index contributed by atoms with van der Waals surface area (Å²) in [5, 5.41) is 3.20. The molecule has 5 heteroatoms. The molecule has 1 unspecified atom stereocenters. The Labute approximate surface area is 126 Å². The van der Waals surface area contributed by atoms with Crippen molar-refractivity contribution in [2.75, 3.05) is 26.1 Å². The summed E-state index contributed by atoms with van der Waals surface area (Å²) in [6, 6.07) is 6.95. The number of rotatable bonds is 8. The van der Waals surface area contributed by atoms with E-state index in [9.17, 15) is 4.79 Å². The van der Waals surface area contributed by atoms with Crippen molar-refractivity contribution in [1.82, 2.24) is 0 Å². The Bertz CT molecular complexity index is 442. The average molecular weight is 295 g/mol. The fourth-order valence-electron chi connectivity index (χ4n) is 1.90. The van der Waals surface area contributed by atoms with Crippen molar-refractivity contribution in [3.05, 3.63) is 24.3 Å². The van der Waals surface area contributed by atoms with Crippen LogP contribution in [0, 0.1) is 0 Å². The monoisotopic (exact) mass is 295 g/mol. The largest absolute Gasteiger partial charge is 0.497 e. The summed E-state index contributed by atoms with van der Waals surface area (Å²) >= 11 is 0. The number of esters is 1. The van der Waals surface area contributed by atoms with E-state index in [-0.39, 0.29) is 5.97 Å². The molecular weight excluding hydrogens is 270 g/mol. The molecular formula is C16H25NO4. The van der Waals surface area contributed by atoms with Crippen molar-refractivity contribution >= 4 is 11.7 Å². The minimum absolute atomic E-state index is 0.279. The van der Waals surface area contributed by atoms with Gasteiger partial charge in [0.1, 0.15) is 11.8 Å². The highest BCUT2D eigenvalue weighted by molar-refractivity contribution is 5.79. The maximum absolute atomic E-state index is 12.1. The lowest BCUT2D eigenvalue weighted by atomic mass is 9.98. The maximum atomic E-state index is 12.1. The van der Waals surface area contributed by atoms with Crippen molar-refractivity contribution in [2.45, 2.75) is 38.8 Å². The van der Waals surface area contributed by atoms with Crippen molar-refractivity contribution in [2.24, 2.45) is 0 Å². The quantitative estimate of drug-likeness (QED) is 0.747. The smallest absolute Gasteiger partial charge is 0.328 e. The van der Waals surface area contributed by atoms with Crippen LogP contribution in [0.3, 0.4) is 0 Å². The molecule has 21 heavy (non-hydrogen) atoms. The zero-order valence-corrected chi connectivity index (χ0v) is 13.4. The molecule has 0 fully saturated rings. The van der Waals surface area contributed by atoms with Gasteiger partial charge in [0.2, 0.25) is 0 Å². The Morgan fingerprint density at radius 3 is 2.33 bits per heavy atom. The fourth-order valence-corrected chi connectivity index (χ4v) is 1.90. The topological polar surface area (TPSA) is 56.8 Å². The normalized spacial score (nSPS) is 12.6. The lowest BCUT2D eigenvalue weighted by molar-refractivity contribution is -0.145. The number of hydrogen-bond acceptors (Lipinski definition) is 5. The summed E-state index contributed by atoms with van der Waals surface area (Å²) in [6.45, 7) is 6.03. The average Bonchev–Trinajstić information content (AvgIpc) is 2.47. The molecule has 1 atom stereocenters. The van der Waals surface area contributed by atoms with Crippen LogP contribution in [0.2, 0.25) is 0 Å². The van der Waals surface area contributed by atoms with Gasteiger partial charge in [0.15, 0.2) is 0 Å². The summed E-state index contributed by atoms with van der Waals surface area (Å²) in [7, 11) is 3.25. The van der Waals surface area contributed by atoms with Crippen LogP contribution in [0.15, 0.2) is 24.3 Å². The van der Waals surface area contributed by atoms with E-state index in [4.69, 9.17) is 14.2 Å². The van der Waals surface area contributed by atoms with Gasteiger partial charge in [0.05, 0.1) is 19.3 Å². The van der Waals surface area contributed by atoms with E-state index in [1.54, 1.807) is 21.1 Å². The van der Waals surface area contributed by atoms with Crippen molar-refractivity contribution in [3.8, 4) is 5.75 Å².